The van der Waals surface area contributed by atoms with Gasteiger partial charge < -0.3 is 5.32 Å². The molecule has 0 spiro atoms. The van der Waals surface area contributed by atoms with Gasteiger partial charge in [-0.2, -0.15) is 0 Å². The van der Waals surface area contributed by atoms with E-state index in [-0.39, 0.29) is 17.4 Å². The van der Waals surface area contributed by atoms with Crippen molar-refractivity contribution < 1.29 is 9.18 Å². The molecular weight excluding hydrogens is 313 g/mol. The van der Waals surface area contributed by atoms with Crippen molar-refractivity contribution in [2.75, 3.05) is 5.32 Å². The van der Waals surface area contributed by atoms with Gasteiger partial charge in [-0.05, 0) is 54.9 Å². The Kier molecular flexibility index (Phi) is 5.65. The summed E-state index contributed by atoms with van der Waals surface area (Å²) in [6.07, 6.45) is -0.0637. The summed E-state index contributed by atoms with van der Waals surface area (Å²) in [6.45, 7) is 3.99. The quantitative estimate of drug-likeness (QED) is 0.598. The van der Waals surface area contributed by atoms with E-state index in [2.05, 4.69) is 16.2 Å². The minimum atomic E-state index is -0.404. The fraction of sp³-hybridized carbons (Fsp3) is 0.176. The van der Waals surface area contributed by atoms with Crippen molar-refractivity contribution in [1.82, 2.24) is 10.9 Å². The monoisotopic (exact) mass is 331 g/mol. The Morgan fingerprint density at radius 3 is 2.57 bits per heavy atom. The number of hydrogen-bond donors (Lipinski definition) is 3. The van der Waals surface area contributed by atoms with Crippen molar-refractivity contribution >= 4 is 28.9 Å². The maximum Gasteiger partial charge on any atom is 0.242 e. The van der Waals surface area contributed by atoms with Crippen LogP contribution in [-0.2, 0) is 11.2 Å². The average molecular weight is 331 g/mol. The first-order valence-corrected chi connectivity index (χ1v) is 7.53. The van der Waals surface area contributed by atoms with E-state index in [4.69, 9.17) is 12.2 Å². The molecule has 0 aliphatic heterocycles. The molecule has 0 aromatic heterocycles. The summed E-state index contributed by atoms with van der Waals surface area (Å²) >= 11 is 5.14. The minimum Gasteiger partial charge on any atom is -0.331 e. The minimum absolute atomic E-state index is 0.0637. The molecule has 0 saturated heterocycles. The molecule has 23 heavy (non-hydrogen) atoms. The van der Waals surface area contributed by atoms with Crippen LogP contribution in [0.5, 0.6) is 0 Å². The lowest BCUT2D eigenvalue weighted by molar-refractivity contribution is -0.121. The molecule has 1 amide bonds. The summed E-state index contributed by atoms with van der Waals surface area (Å²) in [7, 11) is 0. The molecule has 6 heteroatoms. The molecule has 2 rings (SSSR count). The normalized spacial score (nSPS) is 10.0. The molecule has 2 aromatic carbocycles. The second-order valence-electron chi connectivity index (χ2n) is 5.14. The Balaban J connectivity index is 1.86. The molecule has 0 unspecified atom stereocenters. The predicted molar refractivity (Wildman–Crippen MR) is 93.5 cm³/mol. The summed E-state index contributed by atoms with van der Waals surface area (Å²) in [5, 5.41) is 3.28. The zero-order valence-electron chi connectivity index (χ0n) is 12.9. The third kappa shape index (κ3) is 4.75. The van der Waals surface area contributed by atoms with E-state index >= 15 is 0 Å². The van der Waals surface area contributed by atoms with Crippen LogP contribution in [-0.4, -0.2) is 11.0 Å². The highest BCUT2D eigenvalue weighted by Gasteiger charge is 2.08. The van der Waals surface area contributed by atoms with E-state index in [0.29, 0.717) is 5.56 Å². The van der Waals surface area contributed by atoms with Crippen LogP contribution >= 0.6 is 12.2 Å². The standard InChI is InChI=1S/C17H18FN3OS/c1-11-6-5-9-15(12(11)2)19-17(23)21-20-16(22)10-13-7-3-4-8-14(13)18/h3-9H,10H2,1-2H3,(H,20,22)(H2,19,21,23). The van der Waals surface area contributed by atoms with Gasteiger partial charge in [0, 0.05) is 5.69 Å². The summed E-state index contributed by atoms with van der Waals surface area (Å²) < 4.78 is 13.5. The number of rotatable bonds is 3. The lowest BCUT2D eigenvalue weighted by Crippen LogP contribution is -2.44. The number of carbonyl (C=O) groups excluding carboxylic acids is 1. The first-order chi connectivity index (χ1) is 11.0. The van der Waals surface area contributed by atoms with Crippen LogP contribution in [0.4, 0.5) is 10.1 Å². The SMILES string of the molecule is Cc1cccc(NC(=S)NNC(=O)Cc2ccccc2F)c1C. The number of carbonyl (C=O) groups is 1. The van der Waals surface area contributed by atoms with Gasteiger partial charge >= 0.3 is 0 Å². The van der Waals surface area contributed by atoms with Crippen LogP contribution < -0.4 is 16.2 Å². The van der Waals surface area contributed by atoms with E-state index < -0.39 is 5.82 Å². The highest BCUT2D eigenvalue weighted by atomic mass is 32.1. The van der Waals surface area contributed by atoms with Crippen molar-refractivity contribution in [2.45, 2.75) is 20.3 Å². The van der Waals surface area contributed by atoms with Gasteiger partial charge in [0.2, 0.25) is 5.91 Å². The lowest BCUT2D eigenvalue weighted by Gasteiger charge is -2.14. The van der Waals surface area contributed by atoms with Crippen molar-refractivity contribution in [1.29, 1.82) is 0 Å². The zero-order valence-corrected chi connectivity index (χ0v) is 13.8. The van der Waals surface area contributed by atoms with Crippen LogP contribution in [0.1, 0.15) is 16.7 Å². The van der Waals surface area contributed by atoms with Gasteiger partial charge in [0.15, 0.2) is 5.11 Å². The van der Waals surface area contributed by atoms with E-state index in [0.717, 1.165) is 16.8 Å². The second-order valence-corrected chi connectivity index (χ2v) is 5.55. The third-order valence-electron chi connectivity index (χ3n) is 3.48. The summed E-state index contributed by atoms with van der Waals surface area (Å²) in [4.78, 5) is 11.8. The average Bonchev–Trinajstić information content (AvgIpc) is 2.52. The highest BCUT2D eigenvalue weighted by Crippen LogP contribution is 2.17. The van der Waals surface area contributed by atoms with E-state index in [1.165, 1.54) is 6.07 Å². The van der Waals surface area contributed by atoms with Gasteiger partial charge in [0.05, 0.1) is 6.42 Å². The Bertz CT molecular complexity index is 734. The maximum absolute atomic E-state index is 13.5. The lowest BCUT2D eigenvalue weighted by atomic mass is 10.1. The summed E-state index contributed by atoms with van der Waals surface area (Å²) in [5.41, 5.74) is 8.49. The Hall–Kier alpha value is -2.47. The Morgan fingerprint density at radius 1 is 1.09 bits per heavy atom. The molecule has 0 fully saturated rings. The number of thiocarbonyl (C=S) groups is 1. The number of hydrogen-bond acceptors (Lipinski definition) is 2. The molecule has 3 N–H and O–H groups in total. The van der Waals surface area contributed by atoms with Crippen molar-refractivity contribution in [3.05, 3.63) is 65.0 Å². The molecule has 2 aromatic rings. The highest BCUT2D eigenvalue weighted by molar-refractivity contribution is 7.80. The molecule has 0 aliphatic carbocycles. The van der Waals surface area contributed by atoms with Gasteiger partial charge in [0.1, 0.15) is 5.82 Å². The van der Waals surface area contributed by atoms with Crippen LogP contribution in [0.2, 0.25) is 0 Å². The molecule has 120 valence electrons. The largest absolute Gasteiger partial charge is 0.331 e. The van der Waals surface area contributed by atoms with Crippen molar-refractivity contribution in [2.24, 2.45) is 0 Å². The third-order valence-corrected chi connectivity index (χ3v) is 3.68. The number of amides is 1. The van der Waals surface area contributed by atoms with Crippen LogP contribution in [0.15, 0.2) is 42.5 Å². The first-order valence-electron chi connectivity index (χ1n) is 7.13. The summed E-state index contributed by atoms with van der Waals surface area (Å²) in [5.74, 6) is -0.779. The van der Waals surface area contributed by atoms with Crippen LogP contribution in [0, 0.1) is 19.7 Å². The predicted octanol–water partition coefficient (Wildman–Crippen LogP) is 3.00. The molecule has 0 heterocycles. The molecule has 0 aliphatic rings. The molecule has 0 saturated carbocycles. The van der Waals surface area contributed by atoms with Gasteiger partial charge in [0.25, 0.3) is 0 Å². The van der Waals surface area contributed by atoms with E-state index in [1.807, 2.05) is 32.0 Å². The second kappa shape index (κ2) is 7.69. The molecular formula is C17H18FN3OS. The fourth-order valence-corrected chi connectivity index (χ4v) is 2.19. The van der Waals surface area contributed by atoms with Crippen LogP contribution in [0.3, 0.4) is 0 Å². The number of benzene rings is 2. The first kappa shape index (κ1) is 16.9. The van der Waals surface area contributed by atoms with Gasteiger partial charge in [-0.25, -0.2) is 4.39 Å². The fourth-order valence-electron chi connectivity index (χ4n) is 2.03. The molecule has 4 nitrogen and oxygen atoms in total. The van der Waals surface area contributed by atoms with E-state index in [9.17, 15) is 9.18 Å². The van der Waals surface area contributed by atoms with Gasteiger partial charge in [-0.1, -0.05) is 30.3 Å². The summed E-state index contributed by atoms with van der Waals surface area (Å²) in [6, 6.07) is 12.0. The number of anilines is 1. The number of nitrogens with one attached hydrogen (secondary N) is 3. The number of halogens is 1. The molecule has 0 radical (unpaired) electrons. The van der Waals surface area contributed by atoms with Crippen molar-refractivity contribution in [3.8, 4) is 0 Å². The molecule has 0 bridgehead atoms. The van der Waals surface area contributed by atoms with Crippen molar-refractivity contribution in [3.63, 3.8) is 0 Å². The zero-order chi connectivity index (χ0) is 16.8. The Morgan fingerprint density at radius 2 is 1.83 bits per heavy atom. The van der Waals surface area contributed by atoms with Crippen LogP contribution in [0.25, 0.3) is 0 Å². The van der Waals surface area contributed by atoms with E-state index in [1.54, 1.807) is 18.2 Å². The Labute approximate surface area is 140 Å². The molecule has 0 atom stereocenters. The topological polar surface area (TPSA) is 53.2 Å². The number of aryl methyl sites for hydroxylation is 1. The maximum atomic E-state index is 13.5. The van der Waals surface area contributed by atoms with Gasteiger partial charge in [-0.15, -0.1) is 0 Å². The van der Waals surface area contributed by atoms with Gasteiger partial charge in [-0.3, -0.25) is 15.6 Å². The number of hydrazine groups is 1. The smallest absolute Gasteiger partial charge is 0.242 e.